The SMILES string of the molecule is O=C(Cn1cc(C(F)(F)F)ccc1=O)N(Cc1ccccc1)c1ccccc1. The second-order valence-corrected chi connectivity index (χ2v) is 6.18. The number of benzene rings is 2. The van der Waals surface area contributed by atoms with Crippen LogP contribution < -0.4 is 10.5 Å². The number of rotatable bonds is 5. The molecule has 0 aliphatic carbocycles. The highest BCUT2D eigenvalue weighted by Crippen LogP contribution is 2.28. The van der Waals surface area contributed by atoms with Crippen LogP contribution in [-0.4, -0.2) is 10.5 Å². The first-order chi connectivity index (χ1) is 13.3. The van der Waals surface area contributed by atoms with Gasteiger partial charge in [-0.05, 0) is 23.8 Å². The molecule has 1 amide bonds. The standard InChI is InChI=1S/C21H17F3N2O2/c22-21(23,24)17-11-12-19(27)25(14-17)15-20(28)26(18-9-5-2-6-10-18)13-16-7-3-1-4-8-16/h1-12,14H,13,15H2. The fourth-order valence-corrected chi connectivity index (χ4v) is 2.75. The lowest BCUT2D eigenvalue weighted by molar-refractivity contribution is -0.138. The molecule has 0 saturated heterocycles. The van der Waals surface area contributed by atoms with Crippen LogP contribution in [0.1, 0.15) is 11.1 Å². The lowest BCUT2D eigenvalue weighted by atomic mass is 10.2. The van der Waals surface area contributed by atoms with Crippen LogP contribution in [0, 0.1) is 0 Å². The predicted molar refractivity (Wildman–Crippen MR) is 99.8 cm³/mol. The maximum absolute atomic E-state index is 12.9. The maximum atomic E-state index is 12.9. The molecule has 1 aromatic heterocycles. The van der Waals surface area contributed by atoms with E-state index in [0.29, 0.717) is 18.0 Å². The Morgan fingerprint density at radius 1 is 0.893 bits per heavy atom. The number of pyridine rings is 1. The van der Waals surface area contributed by atoms with Gasteiger partial charge in [0.15, 0.2) is 0 Å². The van der Waals surface area contributed by atoms with Crippen LogP contribution in [0.2, 0.25) is 0 Å². The Bertz CT molecular complexity index is 999. The minimum atomic E-state index is -4.60. The zero-order valence-electron chi connectivity index (χ0n) is 14.8. The van der Waals surface area contributed by atoms with Crippen LogP contribution in [0.5, 0.6) is 0 Å². The molecule has 28 heavy (non-hydrogen) atoms. The van der Waals surface area contributed by atoms with Gasteiger partial charge in [0, 0.05) is 18.0 Å². The molecule has 0 bridgehead atoms. The second-order valence-electron chi connectivity index (χ2n) is 6.18. The minimum Gasteiger partial charge on any atom is -0.306 e. The fourth-order valence-electron chi connectivity index (χ4n) is 2.75. The number of hydrogen-bond acceptors (Lipinski definition) is 2. The van der Waals surface area contributed by atoms with Crippen molar-refractivity contribution >= 4 is 11.6 Å². The molecule has 0 spiro atoms. The van der Waals surface area contributed by atoms with Gasteiger partial charge in [0.1, 0.15) is 6.54 Å². The highest BCUT2D eigenvalue weighted by Gasteiger charge is 2.31. The molecule has 0 saturated carbocycles. The van der Waals surface area contributed by atoms with Gasteiger partial charge in [-0.2, -0.15) is 13.2 Å². The van der Waals surface area contributed by atoms with E-state index < -0.39 is 29.8 Å². The molecule has 144 valence electrons. The van der Waals surface area contributed by atoms with E-state index in [1.807, 2.05) is 30.3 Å². The Morgan fingerprint density at radius 3 is 2.11 bits per heavy atom. The lowest BCUT2D eigenvalue weighted by Crippen LogP contribution is -2.36. The summed E-state index contributed by atoms with van der Waals surface area (Å²) in [6.45, 7) is -0.262. The summed E-state index contributed by atoms with van der Waals surface area (Å²) in [6.07, 6.45) is -3.92. The van der Waals surface area contributed by atoms with E-state index in [1.165, 1.54) is 4.90 Å². The summed E-state index contributed by atoms with van der Waals surface area (Å²) in [7, 11) is 0. The Balaban J connectivity index is 1.91. The van der Waals surface area contributed by atoms with Crippen molar-refractivity contribution in [3.05, 3.63) is 100 Å². The summed E-state index contributed by atoms with van der Waals surface area (Å²) in [5.74, 6) is -0.489. The lowest BCUT2D eigenvalue weighted by Gasteiger charge is -2.23. The molecule has 2 aromatic carbocycles. The van der Waals surface area contributed by atoms with E-state index in [9.17, 15) is 22.8 Å². The van der Waals surface area contributed by atoms with Gasteiger partial charge in [-0.3, -0.25) is 9.59 Å². The summed E-state index contributed by atoms with van der Waals surface area (Å²) in [6, 6.07) is 19.5. The largest absolute Gasteiger partial charge is 0.417 e. The molecule has 0 unspecified atom stereocenters. The molecule has 0 N–H and O–H groups in total. The quantitative estimate of drug-likeness (QED) is 0.663. The molecule has 7 heteroatoms. The van der Waals surface area contributed by atoms with E-state index in [1.54, 1.807) is 30.3 Å². The Labute approximate surface area is 159 Å². The summed E-state index contributed by atoms with van der Waals surface area (Å²) >= 11 is 0. The second kappa shape index (κ2) is 8.12. The van der Waals surface area contributed by atoms with Crippen LogP contribution in [-0.2, 0) is 24.1 Å². The molecule has 0 fully saturated rings. The van der Waals surface area contributed by atoms with Gasteiger partial charge in [0.25, 0.3) is 5.56 Å². The van der Waals surface area contributed by atoms with E-state index >= 15 is 0 Å². The normalized spacial score (nSPS) is 11.2. The molecule has 0 atom stereocenters. The molecular formula is C21H17F3N2O2. The van der Waals surface area contributed by atoms with Crippen LogP contribution in [0.4, 0.5) is 18.9 Å². The number of halogens is 3. The zero-order valence-corrected chi connectivity index (χ0v) is 14.8. The molecule has 3 rings (SSSR count). The molecule has 3 aromatic rings. The van der Waals surface area contributed by atoms with Gasteiger partial charge < -0.3 is 9.47 Å². The van der Waals surface area contributed by atoms with Crippen LogP contribution in [0.25, 0.3) is 0 Å². The van der Waals surface area contributed by atoms with E-state index in [2.05, 4.69) is 0 Å². The van der Waals surface area contributed by atoms with Crippen LogP contribution in [0.15, 0.2) is 83.8 Å². The smallest absolute Gasteiger partial charge is 0.306 e. The Morgan fingerprint density at radius 2 is 1.50 bits per heavy atom. The third kappa shape index (κ3) is 4.68. The zero-order chi connectivity index (χ0) is 20.1. The van der Waals surface area contributed by atoms with E-state index in [4.69, 9.17) is 0 Å². The first-order valence-electron chi connectivity index (χ1n) is 8.51. The van der Waals surface area contributed by atoms with Crippen LogP contribution >= 0.6 is 0 Å². The van der Waals surface area contributed by atoms with Gasteiger partial charge in [-0.1, -0.05) is 48.5 Å². The maximum Gasteiger partial charge on any atom is 0.417 e. The van der Waals surface area contributed by atoms with Crippen molar-refractivity contribution in [3.63, 3.8) is 0 Å². The Hall–Kier alpha value is -3.35. The van der Waals surface area contributed by atoms with E-state index in [0.717, 1.165) is 16.2 Å². The van der Waals surface area contributed by atoms with Crippen molar-refractivity contribution in [2.24, 2.45) is 0 Å². The number of carbonyl (C=O) groups is 1. The summed E-state index contributed by atoms with van der Waals surface area (Å²) in [5.41, 5.74) is -0.198. The van der Waals surface area contributed by atoms with Gasteiger partial charge in [-0.15, -0.1) is 0 Å². The summed E-state index contributed by atoms with van der Waals surface area (Å²) < 4.78 is 39.6. The number of carbonyl (C=O) groups excluding carboxylic acids is 1. The topological polar surface area (TPSA) is 42.3 Å². The van der Waals surface area contributed by atoms with Gasteiger partial charge in [0.05, 0.1) is 12.1 Å². The number of nitrogens with zero attached hydrogens (tertiary/aromatic N) is 2. The summed E-state index contributed by atoms with van der Waals surface area (Å²) in [5, 5.41) is 0. The Kier molecular flexibility index (Phi) is 5.63. The predicted octanol–water partition coefficient (Wildman–Crippen LogP) is 4.10. The molecule has 0 aliphatic rings. The average molecular weight is 386 g/mol. The fraction of sp³-hybridized carbons (Fsp3) is 0.143. The monoisotopic (exact) mass is 386 g/mol. The van der Waals surface area contributed by atoms with Gasteiger partial charge in [-0.25, -0.2) is 0 Å². The minimum absolute atomic E-state index is 0.234. The number of para-hydroxylation sites is 1. The van der Waals surface area contributed by atoms with Crippen molar-refractivity contribution in [2.45, 2.75) is 19.3 Å². The average Bonchev–Trinajstić information content (AvgIpc) is 2.68. The van der Waals surface area contributed by atoms with Gasteiger partial charge >= 0.3 is 6.18 Å². The molecule has 0 aliphatic heterocycles. The number of hydrogen-bond donors (Lipinski definition) is 0. The molecule has 1 heterocycles. The van der Waals surface area contributed by atoms with E-state index in [-0.39, 0.29) is 6.54 Å². The third-order valence-electron chi connectivity index (χ3n) is 4.17. The molecule has 4 nitrogen and oxygen atoms in total. The van der Waals surface area contributed by atoms with Gasteiger partial charge in [0.2, 0.25) is 5.91 Å². The van der Waals surface area contributed by atoms with Crippen molar-refractivity contribution < 1.29 is 18.0 Å². The number of anilines is 1. The first-order valence-corrected chi connectivity index (χ1v) is 8.51. The first kappa shape index (κ1) is 19.4. The van der Waals surface area contributed by atoms with Crippen molar-refractivity contribution in [1.29, 1.82) is 0 Å². The van der Waals surface area contributed by atoms with Crippen molar-refractivity contribution in [3.8, 4) is 0 Å². The molecular weight excluding hydrogens is 369 g/mol. The third-order valence-corrected chi connectivity index (χ3v) is 4.17. The molecule has 0 radical (unpaired) electrons. The van der Waals surface area contributed by atoms with Crippen molar-refractivity contribution in [2.75, 3.05) is 4.90 Å². The number of aromatic nitrogens is 1. The number of alkyl halides is 3. The summed E-state index contributed by atoms with van der Waals surface area (Å²) in [4.78, 5) is 26.3. The number of amides is 1. The highest BCUT2D eigenvalue weighted by molar-refractivity contribution is 5.93. The highest BCUT2D eigenvalue weighted by atomic mass is 19.4. The van der Waals surface area contributed by atoms with Crippen LogP contribution in [0.3, 0.4) is 0 Å². The van der Waals surface area contributed by atoms with Crippen molar-refractivity contribution in [1.82, 2.24) is 4.57 Å².